The van der Waals surface area contributed by atoms with Crippen molar-refractivity contribution in [2.24, 2.45) is 0 Å². The number of ether oxygens (including phenoxy) is 1. The van der Waals surface area contributed by atoms with Gasteiger partial charge < -0.3 is 10.1 Å². The Hall–Kier alpha value is -4.49. The zero-order valence-electron chi connectivity index (χ0n) is 19.2. The fourth-order valence-electron chi connectivity index (χ4n) is 3.69. The Morgan fingerprint density at radius 2 is 1.69 bits per heavy atom. The van der Waals surface area contributed by atoms with Crippen LogP contribution in [0.3, 0.4) is 0 Å². The minimum atomic E-state index is -0.231. The van der Waals surface area contributed by atoms with E-state index in [9.17, 15) is 4.79 Å². The molecule has 3 heterocycles. The van der Waals surface area contributed by atoms with Gasteiger partial charge in [-0.3, -0.25) is 9.78 Å². The molecule has 0 saturated heterocycles. The number of nitrogens with zero attached hydrogens (tertiary/aromatic N) is 4. The van der Waals surface area contributed by atoms with Crippen LogP contribution in [0.4, 0.5) is 5.82 Å². The van der Waals surface area contributed by atoms with Crippen molar-refractivity contribution < 1.29 is 9.53 Å². The second-order valence-corrected chi connectivity index (χ2v) is 8.45. The van der Waals surface area contributed by atoms with Gasteiger partial charge in [0.25, 0.3) is 0 Å². The molecule has 0 saturated carbocycles. The number of para-hydroxylation sites is 1. The molecule has 0 atom stereocenters. The number of aromatic nitrogens is 4. The lowest BCUT2D eigenvalue weighted by Gasteiger charge is -2.11. The molecule has 1 amide bonds. The molecular weight excluding hydrogens is 474 g/mol. The maximum Gasteiger partial charge on any atom is 0.230 e. The molecule has 8 heteroatoms. The fourth-order valence-corrected chi connectivity index (χ4v) is 3.82. The normalized spacial score (nSPS) is 10.7. The number of hydrogen-bond acceptors (Lipinski definition) is 5. The molecule has 0 spiro atoms. The van der Waals surface area contributed by atoms with Crippen LogP contribution in [0, 0.1) is 0 Å². The third kappa shape index (κ3) is 5.59. The second-order valence-electron chi connectivity index (χ2n) is 8.01. The van der Waals surface area contributed by atoms with Gasteiger partial charge in [0.2, 0.25) is 5.91 Å². The molecule has 0 aliphatic carbocycles. The van der Waals surface area contributed by atoms with E-state index in [0.717, 1.165) is 22.4 Å². The Morgan fingerprint density at radius 1 is 0.917 bits per heavy atom. The minimum absolute atomic E-state index is 0.102. The molecule has 0 radical (unpaired) electrons. The number of hydrogen-bond donors (Lipinski definition) is 1. The number of pyridine rings is 2. The summed E-state index contributed by atoms with van der Waals surface area (Å²) in [6.45, 7) is 0.335. The van der Waals surface area contributed by atoms with E-state index in [4.69, 9.17) is 21.4 Å². The van der Waals surface area contributed by atoms with Crippen molar-refractivity contribution in [2.45, 2.75) is 13.0 Å². The summed E-state index contributed by atoms with van der Waals surface area (Å²) in [5.41, 5.74) is 4.22. The highest BCUT2D eigenvalue weighted by molar-refractivity contribution is 6.30. The van der Waals surface area contributed by atoms with Gasteiger partial charge in [-0.15, -0.1) is 0 Å². The first-order valence-corrected chi connectivity index (χ1v) is 11.7. The number of anilines is 1. The van der Waals surface area contributed by atoms with Crippen LogP contribution in [-0.4, -0.2) is 25.7 Å². The Kier molecular flexibility index (Phi) is 7.00. The average molecular weight is 496 g/mol. The maximum atomic E-state index is 13.1. The topological polar surface area (TPSA) is 81.9 Å². The number of benzene rings is 2. The Balaban J connectivity index is 1.37. The SMILES string of the molecule is O=C(Cc1cn(-c2ccccc2)nc1-c1ccc(Cl)cc1)Nc1ncccc1OCc1ccncc1. The minimum Gasteiger partial charge on any atom is -0.485 e. The summed E-state index contributed by atoms with van der Waals surface area (Å²) in [5.74, 6) is 0.617. The van der Waals surface area contributed by atoms with Crippen molar-refractivity contribution in [3.8, 4) is 22.7 Å². The van der Waals surface area contributed by atoms with Crippen LogP contribution in [0.25, 0.3) is 16.9 Å². The van der Waals surface area contributed by atoms with Gasteiger partial charge in [0.05, 0.1) is 17.8 Å². The highest BCUT2D eigenvalue weighted by Gasteiger charge is 2.17. The summed E-state index contributed by atoms with van der Waals surface area (Å²) in [7, 11) is 0. The van der Waals surface area contributed by atoms with Crippen molar-refractivity contribution in [1.82, 2.24) is 19.7 Å². The highest BCUT2D eigenvalue weighted by Crippen LogP contribution is 2.27. The smallest absolute Gasteiger partial charge is 0.230 e. The number of amides is 1. The molecule has 7 nitrogen and oxygen atoms in total. The molecular formula is C28H22ClN5O2. The van der Waals surface area contributed by atoms with Crippen LogP contribution in [0.1, 0.15) is 11.1 Å². The molecule has 0 bridgehead atoms. The van der Waals surface area contributed by atoms with Gasteiger partial charge in [0.15, 0.2) is 11.6 Å². The first-order valence-electron chi connectivity index (χ1n) is 11.3. The Labute approximate surface area is 213 Å². The predicted molar refractivity (Wildman–Crippen MR) is 139 cm³/mol. The van der Waals surface area contributed by atoms with E-state index in [1.165, 1.54) is 0 Å². The molecule has 178 valence electrons. The van der Waals surface area contributed by atoms with Crippen molar-refractivity contribution >= 4 is 23.3 Å². The number of carbonyl (C=O) groups is 1. The van der Waals surface area contributed by atoms with Gasteiger partial charge in [0, 0.05) is 40.9 Å². The summed E-state index contributed by atoms with van der Waals surface area (Å²) < 4.78 is 7.68. The van der Waals surface area contributed by atoms with E-state index in [0.29, 0.717) is 28.9 Å². The highest BCUT2D eigenvalue weighted by atomic mass is 35.5. The van der Waals surface area contributed by atoms with E-state index in [1.54, 1.807) is 35.4 Å². The molecule has 5 rings (SSSR count). The van der Waals surface area contributed by atoms with Gasteiger partial charge in [0.1, 0.15) is 6.61 Å². The molecule has 0 fully saturated rings. The van der Waals surface area contributed by atoms with E-state index >= 15 is 0 Å². The lowest BCUT2D eigenvalue weighted by Crippen LogP contribution is -2.16. The Bertz CT molecular complexity index is 1450. The van der Waals surface area contributed by atoms with E-state index in [-0.39, 0.29) is 12.3 Å². The van der Waals surface area contributed by atoms with Crippen LogP contribution in [-0.2, 0) is 17.8 Å². The molecule has 5 aromatic rings. The largest absolute Gasteiger partial charge is 0.485 e. The number of halogens is 1. The lowest BCUT2D eigenvalue weighted by molar-refractivity contribution is -0.115. The van der Waals surface area contributed by atoms with E-state index in [2.05, 4.69) is 15.3 Å². The summed E-state index contributed by atoms with van der Waals surface area (Å²) in [6, 6.07) is 24.4. The third-order valence-corrected chi connectivity index (χ3v) is 5.70. The first-order chi connectivity index (χ1) is 17.7. The van der Waals surface area contributed by atoms with Gasteiger partial charge >= 0.3 is 0 Å². The van der Waals surface area contributed by atoms with Crippen LogP contribution in [0.2, 0.25) is 5.02 Å². The van der Waals surface area contributed by atoms with Crippen molar-refractivity contribution in [3.05, 3.63) is 120 Å². The summed E-state index contributed by atoms with van der Waals surface area (Å²) in [4.78, 5) is 21.4. The summed E-state index contributed by atoms with van der Waals surface area (Å²) in [6.07, 6.45) is 7.00. The van der Waals surface area contributed by atoms with E-state index in [1.807, 2.05) is 72.9 Å². The quantitative estimate of drug-likeness (QED) is 0.297. The average Bonchev–Trinajstić information content (AvgIpc) is 3.33. The molecule has 0 aliphatic rings. The summed E-state index contributed by atoms with van der Waals surface area (Å²) >= 11 is 6.08. The third-order valence-electron chi connectivity index (χ3n) is 5.45. The van der Waals surface area contributed by atoms with Crippen molar-refractivity contribution in [1.29, 1.82) is 0 Å². The maximum absolute atomic E-state index is 13.1. The van der Waals surface area contributed by atoms with Gasteiger partial charge in [-0.2, -0.15) is 5.10 Å². The van der Waals surface area contributed by atoms with Gasteiger partial charge in [-0.1, -0.05) is 41.9 Å². The molecule has 2 aromatic carbocycles. The second kappa shape index (κ2) is 10.8. The summed E-state index contributed by atoms with van der Waals surface area (Å²) in [5, 5.41) is 8.29. The van der Waals surface area contributed by atoms with Gasteiger partial charge in [-0.05, 0) is 54.1 Å². The molecule has 1 N–H and O–H groups in total. The zero-order chi connectivity index (χ0) is 24.7. The van der Waals surface area contributed by atoms with Crippen LogP contribution in [0.5, 0.6) is 5.75 Å². The first kappa shape index (κ1) is 23.3. The number of rotatable bonds is 8. The van der Waals surface area contributed by atoms with Crippen molar-refractivity contribution in [2.75, 3.05) is 5.32 Å². The van der Waals surface area contributed by atoms with Gasteiger partial charge in [-0.25, -0.2) is 9.67 Å². The van der Waals surface area contributed by atoms with Crippen LogP contribution in [0.15, 0.2) is 104 Å². The van der Waals surface area contributed by atoms with Crippen LogP contribution >= 0.6 is 11.6 Å². The molecule has 0 unspecified atom stereocenters. The monoisotopic (exact) mass is 495 g/mol. The molecule has 36 heavy (non-hydrogen) atoms. The fraction of sp³-hybridized carbons (Fsp3) is 0.0714. The zero-order valence-corrected chi connectivity index (χ0v) is 20.0. The number of nitrogens with one attached hydrogen (secondary N) is 1. The van der Waals surface area contributed by atoms with E-state index < -0.39 is 0 Å². The molecule has 0 aliphatic heterocycles. The van der Waals surface area contributed by atoms with Crippen molar-refractivity contribution in [3.63, 3.8) is 0 Å². The number of carbonyl (C=O) groups excluding carboxylic acids is 1. The Morgan fingerprint density at radius 3 is 2.47 bits per heavy atom. The molecule has 3 aromatic heterocycles. The van der Waals surface area contributed by atoms with Crippen LogP contribution < -0.4 is 10.1 Å². The standard InChI is InChI=1S/C28H22ClN5O2/c29-23-10-8-21(9-11-23)27-22(18-34(33-27)24-5-2-1-3-6-24)17-26(35)32-28-25(7-4-14-31-28)36-19-20-12-15-30-16-13-20/h1-16,18H,17,19H2,(H,31,32,35). The predicted octanol–water partition coefficient (Wildman–Crippen LogP) is 5.74. The lowest BCUT2D eigenvalue weighted by atomic mass is 10.1.